The minimum Gasteiger partial charge on any atom is -0.480 e. The van der Waals surface area contributed by atoms with Gasteiger partial charge in [0.15, 0.2) is 0 Å². The van der Waals surface area contributed by atoms with E-state index in [9.17, 15) is 18.0 Å². The third kappa shape index (κ3) is 4.09. The van der Waals surface area contributed by atoms with Gasteiger partial charge in [0.2, 0.25) is 0 Å². The van der Waals surface area contributed by atoms with Gasteiger partial charge < -0.3 is 5.11 Å². The van der Waals surface area contributed by atoms with Crippen LogP contribution >= 0.6 is 0 Å². The summed E-state index contributed by atoms with van der Waals surface area (Å²) in [6.07, 6.45) is -2.40. The minimum atomic E-state index is -4.05. The Balaban J connectivity index is 1.74. The zero-order valence-electron chi connectivity index (χ0n) is 11.4. The molecule has 0 atom stereocenters. The van der Waals surface area contributed by atoms with E-state index in [-0.39, 0.29) is 25.4 Å². The van der Waals surface area contributed by atoms with E-state index in [1.54, 1.807) is 0 Å². The zero-order chi connectivity index (χ0) is 14.8. The van der Waals surface area contributed by atoms with E-state index < -0.39 is 18.1 Å². The van der Waals surface area contributed by atoms with Gasteiger partial charge in [0.1, 0.15) is 0 Å². The predicted octanol–water partition coefficient (Wildman–Crippen LogP) is 1.81. The molecule has 0 radical (unpaired) electrons. The molecule has 116 valence electrons. The van der Waals surface area contributed by atoms with Crippen molar-refractivity contribution < 1.29 is 23.1 Å². The van der Waals surface area contributed by atoms with Crippen molar-refractivity contribution in [3.05, 3.63) is 0 Å². The van der Waals surface area contributed by atoms with E-state index in [4.69, 9.17) is 5.11 Å². The van der Waals surface area contributed by atoms with E-state index in [0.29, 0.717) is 25.9 Å². The normalized spacial score (nSPS) is 30.4. The lowest BCUT2D eigenvalue weighted by Gasteiger charge is -2.41. The molecule has 2 aliphatic rings. The lowest BCUT2D eigenvalue weighted by molar-refractivity contribution is -0.184. The molecule has 20 heavy (non-hydrogen) atoms. The number of hydrogen-bond donors (Lipinski definition) is 1. The van der Waals surface area contributed by atoms with Gasteiger partial charge in [-0.3, -0.25) is 14.6 Å². The molecule has 0 aromatic carbocycles. The monoisotopic (exact) mass is 294 g/mol. The van der Waals surface area contributed by atoms with Crippen molar-refractivity contribution in [2.24, 2.45) is 5.92 Å². The molecule has 1 aliphatic carbocycles. The highest BCUT2D eigenvalue weighted by Gasteiger charge is 2.42. The van der Waals surface area contributed by atoms with Crippen LogP contribution in [0.1, 0.15) is 25.7 Å². The second kappa shape index (κ2) is 6.30. The van der Waals surface area contributed by atoms with Gasteiger partial charge in [0.25, 0.3) is 0 Å². The van der Waals surface area contributed by atoms with Gasteiger partial charge in [0, 0.05) is 32.2 Å². The van der Waals surface area contributed by atoms with E-state index in [2.05, 4.69) is 4.90 Å². The largest absolute Gasteiger partial charge is 0.480 e. The number of alkyl halides is 3. The number of carboxylic acid groups (broad SMARTS) is 1. The van der Waals surface area contributed by atoms with Crippen LogP contribution < -0.4 is 0 Å². The molecule has 0 aromatic rings. The van der Waals surface area contributed by atoms with Crippen molar-refractivity contribution in [2.75, 3.05) is 32.7 Å². The van der Waals surface area contributed by atoms with Crippen LogP contribution in [0.25, 0.3) is 0 Å². The van der Waals surface area contributed by atoms with Crippen molar-refractivity contribution >= 4 is 5.97 Å². The van der Waals surface area contributed by atoms with Gasteiger partial charge in [-0.25, -0.2) is 0 Å². The first-order chi connectivity index (χ1) is 9.36. The molecule has 1 N–H and O–H groups in total. The summed E-state index contributed by atoms with van der Waals surface area (Å²) in [7, 11) is 0. The Hall–Kier alpha value is -0.820. The van der Waals surface area contributed by atoms with Gasteiger partial charge in [-0.2, -0.15) is 13.2 Å². The molecule has 1 heterocycles. The maximum atomic E-state index is 12.6. The van der Waals surface area contributed by atoms with Crippen LogP contribution in [0.3, 0.4) is 0 Å². The fraction of sp³-hybridized carbons (Fsp3) is 0.923. The molecule has 1 saturated heterocycles. The molecule has 2 rings (SSSR count). The first-order valence-electron chi connectivity index (χ1n) is 7.11. The third-order valence-electron chi connectivity index (χ3n) is 4.44. The predicted molar refractivity (Wildman–Crippen MR) is 67.4 cm³/mol. The number of aliphatic carboxylic acids is 1. The molecule has 0 aromatic heterocycles. The maximum absolute atomic E-state index is 12.6. The zero-order valence-corrected chi connectivity index (χ0v) is 11.4. The van der Waals surface area contributed by atoms with E-state index >= 15 is 0 Å². The van der Waals surface area contributed by atoms with Crippen LogP contribution in [0.15, 0.2) is 0 Å². The van der Waals surface area contributed by atoms with Gasteiger partial charge in [0.05, 0.1) is 12.5 Å². The maximum Gasteiger partial charge on any atom is 0.391 e. The lowest BCUT2D eigenvalue weighted by atomic mass is 9.84. The molecule has 2 fully saturated rings. The number of halogens is 3. The van der Waals surface area contributed by atoms with Crippen molar-refractivity contribution in [2.45, 2.75) is 37.9 Å². The third-order valence-corrected chi connectivity index (χ3v) is 4.44. The highest BCUT2D eigenvalue weighted by atomic mass is 19.4. The second-order valence-corrected chi connectivity index (χ2v) is 5.75. The molecule has 4 nitrogen and oxygen atoms in total. The van der Waals surface area contributed by atoms with Crippen LogP contribution in [-0.2, 0) is 4.79 Å². The Labute approximate surface area is 116 Å². The fourth-order valence-electron chi connectivity index (χ4n) is 3.25. The summed E-state index contributed by atoms with van der Waals surface area (Å²) in [5, 5.41) is 8.72. The average Bonchev–Trinajstić information content (AvgIpc) is 2.38. The summed E-state index contributed by atoms with van der Waals surface area (Å²) >= 11 is 0. The SMILES string of the molecule is O=C(O)CN1CCN(C2CCC(C(F)(F)F)CC2)CC1. The summed E-state index contributed by atoms with van der Waals surface area (Å²) < 4.78 is 37.8. The molecule has 0 spiro atoms. The Bertz CT molecular complexity index is 333. The standard InChI is InChI=1S/C13H21F3N2O2/c14-13(15,16)10-1-3-11(4-2-10)18-7-5-17(6-8-18)9-12(19)20/h10-11H,1-9H2,(H,19,20). The van der Waals surface area contributed by atoms with Crippen molar-refractivity contribution in [1.29, 1.82) is 0 Å². The quantitative estimate of drug-likeness (QED) is 0.862. The van der Waals surface area contributed by atoms with Crippen LogP contribution in [0.2, 0.25) is 0 Å². The number of hydrogen-bond acceptors (Lipinski definition) is 3. The van der Waals surface area contributed by atoms with Crippen LogP contribution in [-0.4, -0.2) is 65.8 Å². The summed E-state index contributed by atoms with van der Waals surface area (Å²) in [4.78, 5) is 14.7. The summed E-state index contributed by atoms with van der Waals surface area (Å²) in [5.74, 6) is -1.96. The number of carboxylic acids is 1. The highest BCUT2D eigenvalue weighted by Crippen LogP contribution is 2.38. The van der Waals surface area contributed by atoms with Gasteiger partial charge in [-0.1, -0.05) is 0 Å². The molecular weight excluding hydrogens is 273 g/mol. The molecular formula is C13H21F3N2O2. The van der Waals surface area contributed by atoms with Gasteiger partial charge in [-0.05, 0) is 25.7 Å². The highest BCUT2D eigenvalue weighted by molar-refractivity contribution is 5.69. The van der Waals surface area contributed by atoms with Crippen LogP contribution in [0.5, 0.6) is 0 Å². The Morgan fingerprint density at radius 1 is 1.05 bits per heavy atom. The smallest absolute Gasteiger partial charge is 0.391 e. The fourth-order valence-corrected chi connectivity index (χ4v) is 3.25. The molecule has 0 bridgehead atoms. The van der Waals surface area contributed by atoms with E-state index in [1.807, 2.05) is 4.90 Å². The molecule has 0 unspecified atom stereocenters. The number of rotatable bonds is 3. The Kier molecular flexibility index (Phi) is 4.90. The molecule has 7 heteroatoms. The Morgan fingerprint density at radius 3 is 2.05 bits per heavy atom. The number of piperazine rings is 1. The van der Waals surface area contributed by atoms with Gasteiger partial charge >= 0.3 is 12.1 Å². The molecule has 0 amide bonds. The first kappa shape index (κ1) is 15.6. The topological polar surface area (TPSA) is 43.8 Å². The number of carbonyl (C=O) groups is 1. The molecule has 1 saturated carbocycles. The van der Waals surface area contributed by atoms with Gasteiger partial charge in [-0.15, -0.1) is 0 Å². The van der Waals surface area contributed by atoms with E-state index in [1.165, 1.54) is 0 Å². The second-order valence-electron chi connectivity index (χ2n) is 5.75. The number of nitrogens with zero attached hydrogens (tertiary/aromatic N) is 2. The Morgan fingerprint density at radius 2 is 1.60 bits per heavy atom. The molecule has 1 aliphatic heterocycles. The van der Waals surface area contributed by atoms with Crippen molar-refractivity contribution in [1.82, 2.24) is 9.80 Å². The lowest BCUT2D eigenvalue weighted by Crippen LogP contribution is -2.52. The van der Waals surface area contributed by atoms with Crippen molar-refractivity contribution in [3.63, 3.8) is 0 Å². The summed E-state index contributed by atoms with van der Waals surface area (Å²) in [6.45, 7) is 2.94. The van der Waals surface area contributed by atoms with Crippen molar-refractivity contribution in [3.8, 4) is 0 Å². The van der Waals surface area contributed by atoms with Crippen LogP contribution in [0, 0.1) is 5.92 Å². The summed E-state index contributed by atoms with van der Waals surface area (Å²) in [6, 6.07) is 0.237. The average molecular weight is 294 g/mol. The summed E-state index contributed by atoms with van der Waals surface area (Å²) in [5.41, 5.74) is 0. The van der Waals surface area contributed by atoms with Crippen LogP contribution in [0.4, 0.5) is 13.2 Å². The minimum absolute atomic E-state index is 0.0503. The first-order valence-corrected chi connectivity index (χ1v) is 7.11. The van der Waals surface area contributed by atoms with E-state index in [0.717, 1.165) is 13.1 Å².